The van der Waals surface area contributed by atoms with Crippen LogP contribution in [0.25, 0.3) is 6.08 Å². The van der Waals surface area contributed by atoms with Gasteiger partial charge in [0.25, 0.3) is 0 Å². The molecule has 3 nitrogen and oxygen atoms in total. The molecule has 0 unspecified atom stereocenters. The molecule has 0 saturated carbocycles. The fourth-order valence-electron chi connectivity index (χ4n) is 1.77. The molecular formula is C16H10F5NO2. The highest BCUT2D eigenvalue weighted by atomic mass is 19.2. The average molecular weight is 343 g/mol. The minimum atomic E-state index is -2.29. The first-order chi connectivity index (χ1) is 11.3. The number of nitrogens with one attached hydrogen (secondary N) is 1. The molecule has 24 heavy (non-hydrogen) atoms. The molecule has 1 N–H and O–H groups in total. The van der Waals surface area contributed by atoms with Crippen molar-refractivity contribution >= 4 is 17.7 Å². The number of ether oxygens (including phenoxy) is 1. The van der Waals surface area contributed by atoms with Crippen molar-refractivity contribution in [2.45, 2.75) is 0 Å². The zero-order valence-electron chi connectivity index (χ0n) is 12.2. The maximum Gasteiger partial charge on any atom is 0.248 e. The lowest BCUT2D eigenvalue weighted by molar-refractivity contribution is -0.111. The molecule has 0 spiro atoms. The number of carbonyl (C=O) groups excluding carboxylic acids is 1. The molecule has 0 aromatic heterocycles. The molecule has 0 heterocycles. The first-order valence-corrected chi connectivity index (χ1v) is 6.49. The Balaban J connectivity index is 2.19. The second-order valence-electron chi connectivity index (χ2n) is 4.54. The van der Waals surface area contributed by atoms with Crippen LogP contribution in [0, 0.1) is 29.1 Å². The summed E-state index contributed by atoms with van der Waals surface area (Å²) in [4.78, 5) is 11.6. The van der Waals surface area contributed by atoms with Gasteiger partial charge >= 0.3 is 0 Å². The quantitative estimate of drug-likeness (QED) is 0.394. The van der Waals surface area contributed by atoms with E-state index in [-0.39, 0.29) is 0 Å². The molecule has 2 rings (SSSR count). The molecule has 0 fully saturated rings. The minimum Gasteiger partial charge on any atom is -0.497 e. The van der Waals surface area contributed by atoms with E-state index in [4.69, 9.17) is 4.74 Å². The number of hydrogen-bond donors (Lipinski definition) is 1. The zero-order chi connectivity index (χ0) is 17.9. The van der Waals surface area contributed by atoms with E-state index in [1.165, 1.54) is 13.2 Å². The maximum atomic E-state index is 13.4. The SMILES string of the molecule is COc1ccc(C=CC(=O)Nc2c(F)c(F)c(F)c(F)c2F)cc1. The van der Waals surface area contributed by atoms with Crippen LogP contribution in [0.4, 0.5) is 27.6 Å². The molecule has 2 aromatic rings. The molecular weight excluding hydrogens is 333 g/mol. The van der Waals surface area contributed by atoms with Gasteiger partial charge < -0.3 is 10.1 Å². The average Bonchev–Trinajstić information content (AvgIpc) is 2.60. The van der Waals surface area contributed by atoms with Gasteiger partial charge in [0.15, 0.2) is 23.3 Å². The van der Waals surface area contributed by atoms with Crippen molar-refractivity contribution in [2.24, 2.45) is 0 Å². The molecule has 8 heteroatoms. The van der Waals surface area contributed by atoms with E-state index >= 15 is 0 Å². The van der Waals surface area contributed by atoms with Crippen LogP contribution in [-0.2, 0) is 4.79 Å². The van der Waals surface area contributed by atoms with Gasteiger partial charge in [-0.25, -0.2) is 22.0 Å². The standard InChI is InChI=1S/C16H10F5NO2/c1-24-9-5-2-8(3-6-9)4-7-10(23)22-16-14(20)12(18)11(17)13(19)15(16)21/h2-7H,1H3,(H,22,23). The van der Waals surface area contributed by atoms with E-state index in [1.54, 1.807) is 29.6 Å². The first-order valence-electron chi connectivity index (χ1n) is 6.49. The summed E-state index contributed by atoms with van der Waals surface area (Å²) in [6, 6.07) is 6.42. The third-order valence-electron chi connectivity index (χ3n) is 3.00. The largest absolute Gasteiger partial charge is 0.497 e. The van der Waals surface area contributed by atoms with Gasteiger partial charge in [-0.05, 0) is 23.8 Å². The van der Waals surface area contributed by atoms with Crippen molar-refractivity contribution < 1.29 is 31.5 Å². The normalized spacial score (nSPS) is 10.9. The van der Waals surface area contributed by atoms with Crippen molar-refractivity contribution in [3.8, 4) is 5.75 Å². The molecule has 0 atom stereocenters. The lowest BCUT2D eigenvalue weighted by Crippen LogP contribution is -2.14. The minimum absolute atomic E-state index is 0.559. The van der Waals surface area contributed by atoms with Gasteiger partial charge in [0.05, 0.1) is 7.11 Å². The third-order valence-corrected chi connectivity index (χ3v) is 3.00. The monoisotopic (exact) mass is 343 g/mol. The van der Waals surface area contributed by atoms with E-state index in [0.29, 0.717) is 11.3 Å². The molecule has 2 aromatic carbocycles. The summed E-state index contributed by atoms with van der Waals surface area (Å²) in [5.41, 5.74) is -0.848. The summed E-state index contributed by atoms with van der Waals surface area (Å²) in [5, 5.41) is 1.63. The molecule has 1 amide bonds. The number of hydrogen-bond acceptors (Lipinski definition) is 2. The van der Waals surface area contributed by atoms with Crippen LogP contribution in [0.3, 0.4) is 0 Å². The van der Waals surface area contributed by atoms with Crippen molar-refractivity contribution in [1.82, 2.24) is 0 Å². The van der Waals surface area contributed by atoms with E-state index in [2.05, 4.69) is 0 Å². The summed E-state index contributed by atoms with van der Waals surface area (Å²) < 4.78 is 70.8. The lowest BCUT2D eigenvalue weighted by Gasteiger charge is -2.08. The van der Waals surface area contributed by atoms with Gasteiger partial charge in [-0.3, -0.25) is 4.79 Å². The predicted molar refractivity (Wildman–Crippen MR) is 76.9 cm³/mol. The Bertz CT molecular complexity index is 774. The van der Waals surface area contributed by atoms with Crippen LogP contribution < -0.4 is 10.1 Å². The summed E-state index contributed by atoms with van der Waals surface area (Å²) in [6.45, 7) is 0. The van der Waals surface area contributed by atoms with Gasteiger partial charge in [-0.1, -0.05) is 12.1 Å². The van der Waals surface area contributed by atoms with Crippen LogP contribution in [0.1, 0.15) is 5.56 Å². The maximum absolute atomic E-state index is 13.4. The highest BCUT2D eigenvalue weighted by Gasteiger charge is 2.26. The predicted octanol–water partition coefficient (Wildman–Crippen LogP) is 4.04. The Labute approximate surface area is 133 Å². The molecule has 0 bridgehead atoms. The third kappa shape index (κ3) is 3.53. The van der Waals surface area contributed by atoms with Crippen LogP contribution in [0.5, 0.6) is 5.75 Å². The Morgan fingerprint density at radius 3 is 1.92 bits per heavy atom. The van der Waals surface area contributed by atoms with Crippen molar-refractivity contribution in [3.63, 3.8) is 0 Å². The Morgan fingerprint density at radius 2 is 1.42 bits per heavy atom. The molecule has 126 valence electrons. The molecule has 0 saturated heterocycles. The van der Waals surface area contributed by atoms with Gasteiger partial charge in [0, 0.05) is 6.08 Å². The van der Waals surface area contributed by atoms with Crippen molar-refractivity contribution in [1.29, 1.82) is 0 Å². The highest BCUT2D eigenvalue weighted by molar-refractivity contribution is 6.02. The number of amides is 1. The lowest BCUT2D eigenvalue weighted by atomic mass is 10.2. The Morgan fingerprint density at radius 1 is 0.917 bits per heavy atom. The Hall–Kier alpha value is -2.90. The zero-order valence-corrected chi connectivity index (χ0v) is 12.2. The number of anilines is 1. The van der Waals surface area contributed by atoms with Gasteiger partial charge in [-0.2, -0.15) is 0 Å². The van der Waals surface area contributed by atoms with Crippen LogP contribution >= 0.6 is 0 Å². The Kier molecular flexibility index (Phi) is 5.18. The first kappa shape index (κ1) is 17.5. The van der Waals surface area contributed by atoms with E-state index < -0.39 is 40.7 Å². The van der Waals surface area contributed by atoms with Crippen molar-refractivity contribution in [3.05, 3.63) is 65.0 Å². The second-order valence-corrected chi connectivity index (χ2v) is 4.54. The van der Waals surface area contributed by atoms with Gasteiger partial charge in [0.2, 0.25) is 11.7 Å². The molecule has 0 aliphatic rings. The van der Waals surface area contributed by atoms with Crippen LogP contribution in [0.15, 0.2) is 30.3 Å². The fraction of sp³-hybridized carbons (Fsp3) is 0.0625. The number of benzene rings is 2. The summed E-state index contributed by atoms with van der Waals surface area (Å²) >= 11 is 0. The summed E-state index contributed by atoms with van der Waals surface area (Å²) in [7, 11) is 1.47. The molecule has 0 aliphatic heterocycles. The summed E-state index contributed by atoms with van der Waals surface area (Å²) in [6.07, 6.45) is 2.18. The molecule has 0 aliphatic carbocycles. The van der Waals surface area contributed by atoms with E-state index in [0.717, 1.165) is 6.08 Å². The second kappa shape index (κ2) is 7.12. The van der Waals surface area contributed by atoms with E-state index in [9.17, 15) is 26.7 Å². The van der Waals surface area contributed by atoms with Gasteiger partial charge in [-0.15, -0.1) is 0 Å². The van der Waals surface area contributed by atoms with Crippen LogP contribution in [-0.4, -0.2) is 13.0 Å². The summed E-state index contributed by atoms with van der Waals surface area (Å²) in [5.74, 6) is -11.3. The number of methoxy groups -OCH3 is 1. The number of halogens is 5. The van der Waals surface area contributed by atoms with E-state index in [1.807, 2.05) is 0 Å². The fourth-order valence-corrected chi connectivity index (χ4v) is 1.77. The number of carbonyl (C=O) groups is 1. The topological polar surface area (TPSA) is 38.3 Å². The smallest absolute Gasteiger partial charge is 0.248 e. The highest BCUT2D eigenvalue weighted by Crippen LogP contribution is 2.27. The van der Waals surface area contributed by atoms with Crippen molar-refractivity contribution in [2.75, 3.05) is 12.4 Å². The van der Waals surface area contributed by atoms with Crippen LogP contribution in [0.2, 0.25) is 0 Å². The number of rotatable bonds is 4. The van der Waals surface area contributed by atoms with Gasteiger partial charge in [0.1, 0.15) is 11.4 Å². The molecule has 0 radical (unpaired) electrons.